The van der Waals surface area contributed by atoms with Crippen LogP contribution in [0.5, 0.6) is 0 Å². The topological polar surface area (TPSA) is 50.6 Å². The van der Waals surface area contributed by atoms with Gasteiger partial charge in [-0.25, -0.2) is 0 Å². The van der Waals surface area contributed by atoms with Crippen molar-refractivity contribution in [2.75, 3.05) is 33.2 Å². The van der Waals surface area contributed by atoms with Crippen LogP contribution in [-0.2, 0) is 11.3 Å². The van der Waals surface area contributed by atoms with Gasteiger partial charge in [0, 0.05) is 39.8 Å². The van der Waals surface area contributed by atoms with Gasteiger partial charge in [-0.15, -0.1) is 0 Å². The molecule has 0 aromatic heterocycles. The molecule has 0 radical (unpaired) electrons. The Bertz CT molecular complexity index is 655. The van der Waals surface area contributed by atoms with Gasteiger partial charge in [-0.3, -0.25) is 14.6 Å². The zero-order chi connectivity index (χ0) is 19.3. The van der Waals surface area contributed by atoms with Gasteiger partial charge in [0.15, 0.2) is 0 Å². The number of piperazine rings is 1. The number of carbonyl (C=O) groups excluding carboxylic acids is 1. The maximum absolute atomic E-state index is 13.1. The smallest absolute Gasteiger partial charge is 0.240 e. The van der Waals surface area contributed by atoms with Gasteiger partial charge >= 0.3 is 0 Å². The van der Waals surface area contributed by atoms with E-state index in [1.807, 2.05) is 20.0 Å². The van der Waals surface area contributed by atoms with E-state index in [0.717, 1.165) is 58.4 Å². The van der Waals surface area contributed by atoms with E-state index >= 15 is 0 Å². The summed E-state index contributed by atoms with van der Waals surface area (Å²) >= 11 is 0. The van der Waals surface area contributed by atoms with E-state index < -0.39 is 5.54 Å². The van der Waals surface area contributed by atoms with Crippen molar-refractivity contribution in [1.29, 1.82) is 5.26 Å². The van der Waals surface area contributed by atoms with Crippen LogP contribution in [0.25, 0.3) is 0 Å². The second-order valence-electron chi connectivity index (χ2n) is 8.07. The number of hydrogen-bond acceptors (Lipinski definition) is 4. The monoisotopic (exact) mass is 368 g/mol. The highest BCUT2D eigenvalue weighted by Gasteiger charge is 2.41. The molecular weight excluding hydrogens is 336 g/mol. The summed E-state index contributed by atoms with van der Waals surface area (Å²) < 4.78 is 0. The lowest BCUT2D eigenvalue weighted by Gasteiger charge is -2.43. The van der Waals surface area contributed by atoms with Crippen molar-refractivity contribution in [1.82, 2.24) is 14.7 Å². The SMILES string of the molecule is C[C@@H](C(=O)N(C)C1(C#N)CCCCC1)N1CCN(Cc2ccccc2)CC1. The van der Waals surface area contributed by atoms with Crippen LogP contribution < -0.4 is 0 Å². The van der Waals surface area contributed by atoms with E-state index in [0.29, 0.717) is 0 Å². The molecule has 2 fully saturated rings. The van der Waals surface area contributed by atoms with Crippen molar-refractivity contribution in [2.24, 2.45) is 0 Å². The largest absolute Gasteiger partial charge is 0.326 e. The molecule has 3 rings (SSSR count). The molecule has 146 valence electrons. The fourth-order valence-electron chi connectivity index (χ4n) is 4.46. The van der Waals surface area contributed by atoms with Crippen molar-refractivity contribution >= 4 is 5.91 Å². The summed E-state index contributed by atoms with van der Waals surface area (Å²) in [4.78, 5) is 19.6. The van der Waals surface area contributed by atoms with Crippen LogP contribution in [0.2, 0.25) is 0 Å². The number of amides is 1. The molecule has 0 unspecified atom stereocenters. The molecule has 0 N–H and O–H groups in total. The molecule has 1 saturated carbocycles. The molecule has 1 aromatic rings. The van der Waals surface area contributed by atoms with Crippen molar-refractivity contribution in [3.63, 3.8) is 0 Å². The van der Waals surface area contributed by atoms with Crippen LogP contribution in [0, 0.1) is 11.3 Å². The van der Waals surface area contributed by atoms with E-state index in [1.165, 1.54) is 12.0 Å². The molecule has 5 nitrogen and oxygen atoms in total. The van der Waals surface area contributed by atoms with Gasteiger partial charge in [0.1, 0.15) is 5.54 Å². The Morgan fingerprint density at radius 3 is 2.37 bits per heavy atom. The van der Waals surface area contributed by atoms with E-state index in [9.17, 15) is 10.1 Å². The molecule has 1 atom stereocenters. The highest BCUT2D eigenvalue weighted by atomic mass is 16.2. The molecule has 1 aliphatic heterocycles. The third kappa shape index (κ3) is 4.51. The number of likely N-dealkylation sites (N-methyl/N-ethyl adjacent to an activating group) is 1. The zero-order valence-electron chi connectivity index (χ0n) is 16.7. The standard InChI is InChI=1S/C22H32N4O/c1-19(21(27)24(2)22(18-23)11-7-4-8-12-22)26-15-13-25(14-16-26)17-20-9-5-3-6-10-20/h3,5-6,9-10,19H,4,7-8,11-17H2,1-2H3/t19-/m0/s1. The molecule has 0 spiro atoms. The minimum absolute atomic E-state index is 0.0926. The highest BCUT2D eigenvalue weighted by molar-refractivity contribution is 5.82. The van der Waals surface area contributed by atoms with Crippen LogP contribution in [-0.4, -0.2) is 65.4 Å². The number of carbonyl (C=O) groups is 1. The van der Waals surface area contributed by atoms with Gasteiger partial charge in [-0.05, 0) is 25.3 Å². The first-order chi connectivity index (χ1) is 13.1. The number of benzene rings is 1. The van der Waals surface area contributed by atoms with Crippen LogP contribution >= 0.6 is 0 Å². The molecule has 1 amide bonds. The Morgan fingerprint density at radius 1 is 1.15 bits per heavy atom. The van der Waals surface area contributed by atoms with E-state index in [4.69, 9.17) is 0 Å². The number of nitrogens with zero attached hydrogens (tertiary/aromatic N) is 4. The summed E-state index contributed by atoms with van der Waals surface area (Å²) in [6.07, 6.45) is 4.87. The maximum atomic E-state index is 13.1. The van der Waals surface area contributed by atoms with Crippen molar-refractivity contribution in [3.05, 3.63) is 35.9 Å². The van der Waals surface area contributed by atoms with Gasteiger partial charge < -0.3 is 4.90 Å². The summed E-state index contributed by atoms with van der Waals surface area (Å²) in [5.74, 6) is 0.0926. The van der Waals surface area contributed by atoms with Crippen LogP contribution in [0.15, 0.2) is 30.3 Å². The lowest BCUT2D eigenvalue weighted by atomic mass is 9.81. The Hall–Kier alpha value is -1.90. The summed E-state index contributed by atoms with van der Waals surface area (Å²) in [5.41, 5.74) is 0.738. The normalized spacial score (nSPS) is 22.0. The van der Waals surface area contributed by atoms with Gasteiger partial charge in [-0.2, -0.15) is 5.26 Å². The lowest BCUT2D eigenvalue weighted by Crippen LogP contribution is -2.58. The Morgan fingerprint density at radius 2 is 1.78 bits per heavy atom. The second-order valence-corrected chi connectivity index (χ2v) is 8.07. The quantitative estimate of drug-likeness (QED) is 0.802. The molecule has 1 aliphatic carbocycles. The van der Waals surface area contributed by atoms with Crippen molar-refractivity contribution in [2.45, 2.75) is 57.2 Å². The zero-order valence-corrected chi connectivity index (χ0v) is 16.7. The second kappa shape index (κ2) is 8.86. The Labute approximate surface area is 163 Å². The lowest BCUT2D eigenvalue weighted by molar-refractivity contribution is -0.140. The third-order valence-electron chi connectivity index (χ3n) is 6.42. The summed E-state index contributed by atoms with van der Waals surface area (Å²) in [5, 5.41) is 9.76. The van der Waals surface area contributed by atoms with Crippen LogP contribution in [0.4, 0.5) is 0 Å². The fourth-order valence-corrected chi connectivity index (χ4v) is 4.46. The molecule has 1 heterocycles. The highest BCUT2D eigenvalue weighted by Crippen LogP contribution is 2.33. The van der Waals surface area contributed by atoms with Gasteiger partial charge in [0.05, 0.1) is 12.1 Å². The molecule has 1 saturated heterocycles. The fraction of sp³-hybridized carbons (Fsp3) is 0.636. The van der Waals surface area contributed by atoms with Gasteiger partial charge in [0.25, 0.3) is 0 Å². The Kier molecular flexibility index (Phi) is 6.51. The van der Waals surface area contributed by atoms with Crippen molar-refractivity contribution in [3.8, 4) is 6.07 Å². The predicted octanol–water partition coefficient (Wildman–Crippen LogP) is 2.88. The molecule has 5 heteroatoms. The number of hydrogen-bond donors (Lipinski definition) is 0. The first-order valence-electron chi connectivity index (χ1n) is 10.2. The van der Waals surface area contributed by atoms with E-state index in [2.05, 4.69) is 40.1 Å². The summed E-state index contributed by atoms with van der Waals surface area (Å²) in [6.45, 7) is 6.70. The first-order valence-corrected chi connectivity index (χ1v) is 10.2. The molecular formula is C22H32N4O. The first kappa shape index (κ1) is 19.9. The summed E-state index contributed by atoms with van der Waals surface area (Å²) in [7, 11) is 1.83. The van der Waals surface area contributed by atoms with Crippen LogP contribution in [0.3, 0.4) is 0 Å². The van der Waals surface area contributed by atoms with E-state index in [-0.39, 0.29) is 11.9 Å². The van der Waals surface area contributed by atoms with Gasteiger partial charge in [0.2, 0.25) is 5.91 Å². The number of nitriles is 1. The Balaban J connectivity index is 1.54. The minimum atomic E-state index is -0.598. The average Bonchev–Trinajstić information content (AvgIpc) is 2.74. The predicted molar refractivity (Wildman–Crippen MR) is 107 cm³/mol. The average molecular weight is 369 g/mol. The third-order valence-corrected chi connectivity index (χ3v) is 6.42. The molecule has 2 aliphatic rings. The molecule has 27 heavy (non-hydrogen) atoms. The van der Waals surface area contributed by atoms with Crippen LogP contribution in [0.1, 0.15) is 44.6 Å². The molecule has 1 aromatic carbocycles. The molecule has 0 bridgehead atoms. The van der Waals surface area contributed by atoms with Crippen molar-refractivity contribution < 1.29 is 4.79 Å². The number of rotatable bonds is 5. The maximum Gasteiger partial charge on any atom is 0.240 e. The van der Waals surface area contributed by atoms with Gasteiger partial charge in [-0.1, -0.05) is 49.6 Å². The summed E-state index contributed by atoms with van der Waals surface area (Å²) in [6, 6.07) is 12.8. The van der Waals surface area contributed by atoms with E-state index in [1.54, 1.807) is 4.90 Å². The minimum Gasteiger partial charge on any atom is -0.326 e.